The third-order valence-corrected chi connectivity index (χ3v) is 0. The minimum absolute atomic E-state index is 0. The second-order valence-corrected chi connectivity index (χ2v) is 0. The van der Waals surface area contributed by atoms with Crippen molar-refractivity contribution in [3.05, 3.63) is 0 Å². The predicted molar refractivity (Wildman–Crippen MR) is 18.5 cm³/mol. The average molecular weight is 600 g/mol. The summed E-state index contributed by atoms with van der Waals surface area (Å²) in [5.41, 5.74) is 0. The van der Waals surface area contributed by atoms with Crippen LogP contribution in [0.4, 0.5) is 0 Å². The number of hydrogen-bond acceptors (Lipinski definition) is 0. The van der Waals surface area contributed by atoms with Crippen molar-refractivity contribution >= 4 is 45.3 Å². The molecular formula is H5AsCdHgPb. The topological polar surface area (TPSA) is 0 Å². The van der Waals surface area contributed by atoms with Gasteiger partial charge in [-0.25, -0.2) is 0 Å². The first-order valence-electron chi connectivity index (χ1n) is 0. The summed E-state index contributed by atoms with van der Waals surface area (Å²) in [7, 11) is 0. The molecule has 0 aromatic carbocycles. The van der Waals surface area contributed by atoms with E-state index in [1.54, 1.807) is 0 Å². The van der Waals surface area contributed by atoms with E-state index in [1.807, 2.05) is 0 Å². The van der Waals surface area contributed by atoms with Crippen LogP contribution in [0.1, 0.15) is 0 Å². The van der Waals surface area contributed by atoms with Gasteiger partial charge in [0.05, 0.1) is 0 Å². The Labute approximate surface area is 98.0 Å². The molecule has 0 aliphatic heterocycles. The van der Waals surface area contributed by atoms with Gasteiger partial charge in [0.25, 0.3) is 0 Å². The van der Waals surface area contributed by atoms with Gasteiger partial charge in [0.1, 0.15) is 0 Å². The zero-order chi connectivity index (χ0) is 0. The van der Waals surface area contributed by atoms with Crippen molar-refractivity contribution < 1.29 is 55.0 Å². The molecule has 0 amide bonds. The molecule has 0 aromatic rings. The first kappa shape index (κ1) is 26.5. The molecule has 18 valence electrons. The molecule has 1 unspecified atom stereocenters. The molecule has 0 bridgehead atoms. The molecule has 4 heteroatoms. The first-order chi connectivity index (χ1) is 0. The van der Waals surface area contributed by atoms with Gasteiger partial charge in [0, 0.05) is 55.0 Å². The van der Waals surface area contributed by atoms with Crippen molar-refractivity contribution in [1.29, 1.82) is 0 Å². The van der Waals surface area contributed by atoms with Crippen LogP contribution in [0.25, 0.3) is 0 Å². The van der Waals surface area contributed by atoms with Gasteiger partial charge in [0.15, 0.2) is 0 Å². The monoisotopic (exact) mass is 604 g/mol. The van der Waals surface area contributed by atoms with Crippen LogP contribution in [-0.2, 0) is 55.0 Å². The summed E-state index contributed by atoms with van der Waals surface area (Å²) in [4.78, 5) is 0. The van der Waals surface area contributed by atoms with Crippen LogP contribution in [0.5, 0.6) is 0 Å². The molecule has 0 nitrogen and oxygen atoms in total. The average Bonchev–Trinajstić information content (AvgIpc) is 0. The maximum atomic E-state index is 0. The van der Waals surface area contributed by atoms with Crippen molar-refractivity contribution in [1.82, 2.24) is 0 Å². The Morgan fingerprint density at radius 1 is 1.00 bits per heavy atom. The Morgan fingerprint density at radius 2 is 1.00 bits per heavy atom. The molecule has 1 atom stereocenters. The third kappa shape index (κ3) is 9.02. The summed E-state index contributed by atoms with van der Waals surface area (Å²) < 4.78 is 0. The van der Waals surface area contributed by atoms with Gasteiger partial charge in [-0.2, -0.15) is 0 Å². The van der Waals surface area contributed by atoms with E-state index in [9.17, 15) is 0 Å². The van der Waals surface area contributed by atoms with E-state index in [4.69, 9.17) is 0 Å². The normalized spacial score (nSPS) is 0. The molecule has 0 aliphatic rings. The van der Waals surface area contributed by atoms with Crippen LogP contribution >= 0.6 is 0 Å². The van der Waals surface area contributed by atoms with Crippen molar-refractivity contribution in [2.45, 2.75) is 0 Å². The third-order valence-electron chi connectivity index (χ3n) is 0. The molecule has 0 heterocycles. The molecule has 0 rings (SSSR count). The van der Waals surface area contributed by atoms with E-state index in [-0.39, 0.29) is 100 Å². The van der Waals surface area contributed by atoms with Crippen LogP contribution in [0, 0.1) is 0 Å². The van der Waals surface area contributed by atoms with Gasteiger partial charge in [-0.05, 0) is 0 Å². The Balaban J connectivity index is 0. The molecule has 0 saturated carbocycles. The quantitative estimate of drug-likeness (QED) is 0.280. The molecule has 0 aromatic heterocycles. The summed E-state index contributed by atoms with van der Waals surface area (Å²) in [5.74, 6) is 0. The SMILES string of the molecule is [AsH3].[Cd].[Hg].[PbH2]. The second-order valence-electron chi connectivity index (χ2n) is 0. The Bertz CT molecular complexity index is 8.00. The van der Waals surface area contributed by atoms with E-state index in [0.29, 0.717) is 0 Å². The van der Waals surface area contributed by atoms with E-state index in [1.165, 1.54) is 0 Å². The van der Waals surface area contributed by atoms with Crippen molar-refractivity contribution in [2.24, 2.45) is 0 Å². The maximum absolute atomic E-state index is 0. The number of rotatable bonds is 0. The van der Waals surface area contributed by atoms with Gasteiger partial charge in [0.2, 0.25) is 0 Å². The molecule has 0 saturated heterocycles. The predicted octanol–water partition coefficient (Wildman–Crippen LogP) is -2.11. The molecule has 0 spiro atoms. The van der Waals surface area contributed by atoms with E-state index in [0.717, 1.165) is 0 Å². The van der Waals surface area contributed by atoms with Gasteiger partial charge >= 0.3 is 45.3 Å². The Kier molecular flexibility index (Phi) is 107. The fourth-order valence-corrected chi connectivity index (χ4v) is 0. The van der Waals surface area contributed by atoms with E-state index in [2.05, 4.69) is 0 Å². The second kappa shape index (κ2) is 16.2. The molecule has 2 radical (unpaired) electrons. The van der Waals surface area contributed by atoms with Crippen LogP contribution in [-0.4, -0.2) is 45.3 Å². The first-order valence-corrected chi connectivity index (χ1v) is 0. The number of hydrogen-bond donors (Lipinski definition) is 0. The van der Waals surface area contributed by atoms with E-state index < -0.39 is 0 Å². The molecular weight excluding hydrogens is 595 g/mol. The molecule has 4 heavy (non-hydrogen) atoms. The minimum atomic E-state index is 0. The fraction of sp³-hybridized carbons (Fsp3) is 0. The van der Waals surface area contributed by atoms with Gasteiger partial charge in [-0.15, -0.1) is 0 Å². The van der Waals surface area contributed by atoms with Crippen LogP contribution in [0.3, 0.4) is 0 Å². The summed E-state index contributed by atoms with van der Waals surface area (Å²) in [6.07, 6.45) is 0. The van der Waals surface area contributed by atoms with Crippen LogP contribution in [0.2, 0.25) is 0 Å². The van der Waals surface area contributed by atoms with Crippen molar-refractivity contribution in [2.75, 3.05) is 0 Å². The summed E-state index contributed by atoms with van der Waals surface area (Å²) in [6.45, 7) is 0. The molecule has 0 aliphatic carbocycles. The molecule has 0 N–H and O–H groups in total. The summed E-state index contributed by atoms with van der Waals surface area (Å²) in [5, 5.41) is 0. The Morgan fingerprint density at radius 3 is 1.00 bits per heavy atom. The van der Waals surface area contributed by atoms with Crippen molar-refractivity contribution in [3.63, 3.8) is 0 Å². The van der Waals surface area contributed by atoms with Crippen LogP contribution < -0.4 is 0 Å². The molecule has 0 fully saturated rings. The standard InChI is InChI=1S/AsH3.Cd.Hg.Pb.2H/h1H3;;;;;. The zero-order valence-electron chi connectivity index (χ0n) is 2.83. The zero-order valence-corrected chi connectivity index (χ0v) is 20.8. The summed E-state index contributed by atoms with van der Waals surface area (Å²) >= 11 is 0. The van der Waals surface area contributed by atoms with Gasteiger partial charge < -0.3 is 0 Å². The fourth-order valence-electron chi connectivity index (χ4n) is 0. The van der Waals surface area contributed by atoms with E-state index >= 15 is 0 Å². The van der Waals surface area contributed by atoms with Crippen LogP contribution in [0.15, 0.2) is 0 Å². The van der Waals surface area contributed by atoms with Crippen molar-refractivity contribution in [3.8, 4) is 0 Å². The van der Waals surface area contributed by atoms with Gasteiger partial charge in [-0.1, -0.05) is 0 Å². The Hall–Kier alpha value is 3.34. The summed E-state index contributed by atoms with van der Waals surface area (Å²) in [6, 6.07) is 0. The van der Waals surface area contributed by atoms with Gasteiger partial charge in [-0.3, -0.25) is 0 Å².